The molecule has 1 atom stereocenters. The largest absolute Gasteiger partial charge is 0.327 e. The highest BCUT2D eigenvalue weighted by Crippen LogP contribution is 2.33. The average molecular weight is 183 g/mol. The summed E-state index contributed by atoms with van der Waals surface area (Å²) in [6.07, 6.45) is 7.24. The monoisotopic (exact) mass is 183 g/mol. The summed E-state index contributed by atoms with van der Waals surface area (Å²) in [4.78, 5) is 11.4. The van der Waals surface area contributed by atoms with Crippen LogP contribution in [0, 0.1) is 5.92 Å². The van der Waals surface area contributed by atoms with Gasteiger partial charge in [0.15, 0.2) is 0 Å². The van der Waals surface area contributed by atoms with Crippen LogP contribution in [0.25, 0.3) is 0 Å². The Bertz CT molecular complexity index is 163. The average Bonchev–Trinajstić information content (AvgIpc) is 2.86. The van der Waals surface area contributed by atoms with E-state index in [1.807, 2.05) is 0 Å². The highest BCUT2D eigenvalue weighted by atomic mass is 16.1. The number of Topliss-reactive ketones (excluding diaryl/α,β-unsaturated/α-hetero) is 1. The zero-order chi connectivity index (χ0) is 9.68. The van der Waals surface area contributed by atoms with Crippen molar-refractivity contribution in [3.63, 3.8) is 0 Å². The van der Waals surface area contributed by atoms with E-state index >= 15 is 0 Å². The predicted octanol–water partition coefficient (Wildman–Crippen LogP) is 2.26. The van der Waals surface area contributed by atoms with E-state index in [2.05, 4.69) is 6.92 Å². The highest BCUT2D eigenvalue weighted by Gasteiger charge is 2.29. The fourth-order valence-corrected chi connectivity index (χ4v) is 1.63. The molecule has 0 aromatic heterocycles. The van der Waals surface area contributed by atoms with Crippen LogP contribution in [-0.4, -0.2) is 11.8 Å². The molecular weight excluding hydrogens is 162 g/mol. The number of carbonyl (C=O) groups excluding carboxylic acids is 1. The maximum Gasteiger partial charge on any atom is 0.134 e. The fourth-order valence-electron chi connectivity index (χ4n) is 1.63. The van der Waals surface area contributed by atoms with E-state index in [9.17, 15) is 4.79 Å². The molecule has 2 heteroatoms. The number of nitrogens with two attached hydrogens (primary N) is 1. The second-order valence-corrected chi connectivity index (χ2v) is 4.20. The van der Waals surface area contributed by atoms with Crippen LogP contribution in [0.2, 0.25) is 0 Å². The predicted molar refractivity (Wildman–Crippen MR) is 54.5 cm³/mol. The number of hydrogen-bond donors (Lipinski definition) is 1. The normalized spacial score (nSPS) is 18.6. The van der Waals surface area contributed by atoms with Gasteiger partial charge < -0.3 is 5.73 Å². The summed E-state index contributed by atoms with van der Waals surface area (Å²) in [6.45, 7) is 2.15. The van der Waals surface area contributed by atoms with Crippen molar-refractivity contribution >= 4 is 5.78 Å². The molecule has 0 heterocycles. The molecule has 0 aromatic carbocycles. The number of hydrogen-bond acceptors (Lipinski definition) is 2. The maximum atomic E-state index is 11.4. The van der Waals surface area contributed by atoms with E-state index in [1.54, 1.807) is 0 Å². The molecule has 1 aliphatic rings. The zero-order valence-corrected chi connectivity index (χ0v) is 8.59. The molecule has 2 N–H and O–H groups in total. The minimum atomic E-state index is 0.161. The van der Waals surface area contributed by atoms with Crippen LogP contribution >= 0.6 is 0 Å². The molecule has 1 fully saturated rings. The molecule has 13 heavy (non-hydrogen) atoms. The van der Waals surface area contributed by atoms with Crippen LogP contribution in [0.4, 0.5) is 0 Å². The van der Waals surface area contributed by atoms with Crippen LogP contribution in [-0.2, 0) is 4.79 Å². The highest BCUT2D eigenvalue weighted by molar-refractivity contribution is 5.79. The van der Waals surface area contributed by atoms with Crippen molar-refractivity contribution in [2.75, 3.05) is 0 Å². The number of rotatable bonds is 7. The summed E-state index contributed by atoms with van der Waals surface area (Å²) >= 11 is 0. The van der Waals surface area contributed by atoms with Crippen LogP contribution in [0.1, 0.15) is 51.9 Å². The fraction of sp³-hybridized carbons (Fsp3) is 0.909. The molecule has 0 bridgehead atoms. The second kappa shape index (κ2) is 5.38. The molecule has 0 aliphatic heterocycles. The van der Waals surface area contributed by atoms with Crippen molar-refractivity contribution in [1.29, 1.82) is 0 Å². The van der Waals surface area contributed by atoms with Crippen molar-refractivity contribution in [1.82, 2.24) is 0 Å². The molecule has 0 aromatic rings. The summed E-state index contributed by atoms with van der Waals surface area (Å²) in [6, 6.07) is 0.161. The van der Waals surface area contributed by atoms with Crippen molar-refractivity contribution in [2.45, 2.75) is 57.9 Å². The molecule has 0 radical (unpaired) electrons. The first-order valence-corrected chi connectivity index (χ1v) is 5.51. The van der Waals surface area contributed by atoms with Crippen molar-refractivity contribution < 1.29 is 4.79 Å². The van der Waals surface area contributed by atoms with E-state index in [0.717, 1.165) is 12.8 Å². The third-order valence-electron chi connectivity index (χ3n) is 2.75. The summed E-state index contributed by atoms with van der Waals surface area (Å²) in [5.74, 6) is 1.03. The smallest absolute Gasteiger partial charge is 0.134 e. The zero-order valence-electron chi connectivity index (χ0n) is 8.59. The van der Waals surface area contributed by atoms with Gasteiger partial charge in [0.2, 0.25) is 0 Å². The van der Waals surface area contributed by atoms with Crippen LogP contribution in [0.5, 0.6) is 0 Å². The molecule has 0 spiro atoms. The maximum absolute atomic E-state index is 11.4. The van der Waals surface area contributed by atoms with Gasteiger partial charge in [-0.1, -0.05) is 19.8 Å². The van der Waals surface area contributed by atoms with Gasteiger partial charge in [0.1, 0.15) is 5.78 Å². The summed E-state index contributed by atoms with van der Waals surface area (Å²) < 4.78 is 0. The first kappa shape index (κ1) is 10.7. The SMILES string of the molecule is CCCCCC(=O)CC(N)C1CC1. The molecule has 0 amide bonds. The lowest BCUT2D eigenvalue weighted by Gasteiger charge is -2.08. The lowest BCUT2D eigenvalue weighted by atomic mass is 10.0. The summed E-state index contributed by atoms with van der Waals surface area (Å²) in [7, 11) is 0. The van der Waals surface area contributed by atoms with Gasteiger partial charge in [-0.15, -0.1) is 0 Å². The van der Waals surface area contributed by atoms with E-state index in [4.69, 9.17) is 5.73 Å². The van der Waals surface area contributed by atoms with Gasteiger partial charge >= 0.3 is 0 Å². The van der Waals surface area contributed by atoms with Gasteiger partial charge in [-0.3, -0.25) is 4.79 Å². The Morgan fingerprint density at radius 3 is 2.69 bits per heavy atom. The minimum absolute atomic E-state index is 0.161. The Balaban J connectivity index is 2.02. The van der Waals surface area contributed by atoms with Gasteiger partial charge in [-0.2, -0.15) is 0 Å². The van der Waals surface area contributed by atoms with Crippen LogP contribution in [0.3, 0.4) is 0 Å². The molecule has 1 rings (SSSR count). The van der Waals surface area contributed by atoms with Gasteiger partial charge in [0.05, 0.1) is 0 Å². The summed E-state index contributed by atoms with van der Waals surface area (Å²) in [5, 5.41) is 0. The Morgan fingerprint density at radius 1 is 1.46 bits per heavy atom. The Hall–Kier alpha value is -0.370. The van der Waals surface area contributed by atoms with Crippen LogP contribution in [0.15, 0.2) is 0 Å². The van der Waals surface area contributed by atoms with Gasteiger partial charge in [0, 0.05) is 18.9 Å². The van der Waals surface area contributed by atoms with Gasteiger partial charge in [-0.05, 0) is 25.2 Å². The van der Waals surface area contributed by atoms with E-state index in [1.165, 1.54) is 25.7 Å². The Kier molecular flexibility index (Phi) is 4.43. The third-order valence-corrected chi connectivity index (χ3v) is 2.75. The van der Waals surface area contributed by atoms with Crippen molar-refractivity contribution in [3.05, 3.63) is 0 Å². The lowest BCUT2D eigenvalue weighted by Crippen LogP contribution is -2.25. The molecular formula is C11H21NO. The van der Waals surface area contributed by atoms with Gasteiger partial charge in [-0.25, -0.2) is 0 Å². The molecule has 2 nitrogen and oxygen atoms in total. The van der Waals surface area contributed by atoms with Crippen molar-refractivity contribution in [3.8, 4) is 0 Å². The first-order chi connectivity index (χ1) is 6.24. The van der Waals surface area contributed by atoms with E-state index in [0.29, 0.717) is 18.1 Å². The number of unbranched alkanes of at least 4 members (excludes halogenated alkanes) is 2. The molecule has 1 aliphatic carbocycles. The second-order valence-electron chi connectivity index (χ2n) is 4.20. The Labute approximate surface area is 80.9 Å². The van der Waals surface area contributed by atoms with Crippen LogP contribution < -0.4 is 5.73 Å². The quantitative estimate of drug-likeness (QED) is 0.615. The van der Waals surface area contributed by atoms with Crippen molar-refractivity contribution in [2.24, 2.45) is 11.7 Å². The molecule has 0 saturated heterocycles. The first-order valence-electron chi connectivity index (χ1n) is 5.51. The topological polar surface area (TPSA) is 43.1 Å². The third kappa shape index (κ3) is 4.41. The van der Waals surface area contributed by atoms with E-state index in [-0.39, 0.29) is 6.04 Å². The summed E-state index contributed by atoms with van der Waals surface area (Å²) in [5.41, 5.74) is 5.86. The standard InChI is InChI=1S/C11H21NO/c1-2-3-4-5-10(13)8-11(12)9-6-7-9/h9,11H,2-8,12H2,1H3. The molecule has 76 valence electrons. The number of ketones is 1. The lowest BCUT2D eigenvalue weighted by molar-refractivity contribution is -0.119. The number of carbonyl (C=O) groups is 1. The van der Waals surface area contributed by atoms with E-state index < -0.39 is 0 Å². The minimum Gasteiger partial charge on any atom is -0.327 e. The molecule has 1 saturated carbocycles. The molecule has 1 unspecified atom stereocenters. The Morgan fingerprint density at radius 2 is 2.15 bits per heavy atom. The van der Waals surface area contributed by atoms with Gasteiger partial charge in [0.25, 0.3) is 0 Å².